The molecular weight excluding hydrogens is 489 g/mol. The van der Waals surface area contributed by atoms with Gasteiger partial charge in [-0.2, -0.15) is 4.31 Å². The first-order valence-corrected chi connectivity index (χ1v) is 12.2. The third-order valence-corrected chi connectivity index (χ3v) is 7.35. The number of alkyl halides is 3. The SMILES string of the molecule is O=S(=O)(c1ccc(OC(F)(F)F)cc1)N1CCC(=NOCc2nc3ccccc3n2CCO)CC1. The van der Waals surface area contributed by atoms with Crippen molar-refractivity contribution in [3.8, 4) is 5.75 Å². The number of hydrogen-bond acceptors (Lipinski definition) is 7. The maximum absolute atomic E-state index is 12.8. The Morgan fingerprint density at radius 3 is 2.40 bits per heavy atom. The highest BCUT2D eigenvalue weighted by Crippen LogP contribution is 2.26. The van der Waals surface area contributed by atoms with Gasteiger partial charge >= 0.3 is 6.36 Å². The molecule has 0 radical (unpaired) electrons. The maximum Gasteiger partial charge on any atom is 0.573 e. The molecule has 0 spiro atoms. The number of hydrogen-bond donors (Lipinski definition) is 1. The molecule has 1 N–H and O–H groups in total. The number of sulfonamides is 1. The minimum atomic E-state index is -4.85. The van der Waals surface area contributed by atoms with Gasteiger partial charge in [-0.1, -0.05) is 17.3 Å². The highest BCUT2D eigenvalue weighted by atomic mass is 32.2. The number of benzene rings is 2. The van der Waals surface area contributed by atoms with E-state index in [1.54, 1.807) is 0 Å². The number of halogens is 3. The molecule has 13 heteroatoms. The normalized spacial score (nSPS) is 15.4. The first kappa shape index (κ1) is 24.9. The quantitative estimate of drug-likeness (QED) is 0.465. The predicted molar refractivity (Wildman–Crippen MR) is 120 cm³/mol. The summed E-state index contributed by atoms with van der Waals surface area (Å²) < 4.78 is 69.5. The van der Waals surface area contributed by atoms with E-state index in [2.05, 4.69) is 14.9 Å². The Bertz CT molecular complexity index is 1300. The molecule has 0 atom stereocenters. The Balaban J connectivity index is 1.35. The third-order valence-electron chi connectivity index (χ3n) is 5.44. The molecule has 0 amide bonds. The predicted octanol–water partition coefficient (Wildman–Crippen LogP) is 3.28. The van der Waals surface area contributed by atoms with Gasteiger partial charge in [0.25, 0.3) is 0 Å². The average Bonchev–Trinajstić information content (AvgIpc) is 3.16. The fraction of sp³-hybridized carbons (Fsp3) is 0.364. The van der Waals surface area contributed by atoms with Crippen LogP contribution in [0, 0.1) is 0 Å². The Morgan fingerprint density at radius 2 is 1.74 bits per heavy atom. The highest BCUT2D eigenvalue weighted by Gasteiger charge is 2.32. The van der Waals surface area contributed by atoms with Gasteiger partial charge in [0, 0.05) is 32.5 Å². The van der Waals surface area contributed by atoms with Crippen LogP contribution in [0.15, 0.2) is 58.6 Å². The topological polar surface area (TPSA) is 106 Å². The Morgan fingerprint density at radius 1 is 1.06 bits per heavy atom. The number of ether oxygens (including phenoxy) is 1. The summed E-state index contributed by atoms with van der Waals surface area (Å²) >= 11 is 0. The largest absolute Gasteiger partial charge is 0.573 e. The number of rotatable bonds is 8. The second-order valence-electron chi connectivity index (χ2n) is 7.75. The van der Waals surface area contributed by atoms with Crippen LogP contribution in [0.2, 0.25) is 0 Å². The van der Waals surface area contributed by atoms with Crippen molar-refractivity contribution in [1.82, 2.24) is 13.9 Å². The van der Waals surface area contributed by atoms with Gasteiger partial charge in [-0.15, -0.1) is 13.2 Å². The summed E-state index contributed by atoms with van der Waals surface area (Å²) in [5.74, 6) is 0.122. The summed E-state index contributed by atoms with van der Waals surface area (Å²) in [7, 11) is -3.87. The number of imidazole rings is 1. The molecule has 1 fully saturated rings. The van der Waals surface area contributed by atoms with Crippen LogP contribution < -0.4 is 4.74 Å². The lowest BCUT2D eigenvalue weighted by atomic mass is 10.1. The first-order chi connectivity index (χ1) is 16.7. The third kappa shape index (κ3) is 5.92. The molecule has 2 heterocycles. The smallest absolute Gasteiger partial charge is 0.406 e. The molecule has 0 unspecified atom stereocenters. The van der Waals surface area contributed by atoms with E-state index in [9.17, 15) is 26.7 Å². The van der Waals surface area contributed by atoms with Gasteiger partial charge in [-0.05, 0) is 36.4 Å². The lowest BCUT2D eigenvalue weighted by Crippen LogP contribution is -2.38. The van der Waals surface area contributed by atoms with E-state index in [1.165, 1.54) is 4.31 Å². The van der Waals surface area contributed by atoms with Gasteiger partial charge < -0.3 is 19.2 Å². The van der Waals surface area contributed by atoms with Crippen LogP contribution >= 0.6 is 0 Å². The molecular formula is C22H23F3N4O5S. The summed E-state index contributed by atoms with van der Waals surface area (Å²) in [5.41, 5.74) is 2.35. The minimum Gasteiger partial charge on any atom is -0.406 e. The Kier molecular flexibility index (Phi) is 7.28. The average molecular weight is 513 g/mol. The number of aliphatic hydroxyl groups is 1. The molecule has 1 aliphatic heterocycles. The Labute approximate surface area is 199 Å². The van der Waals surface area contributed by atoms with Crippen LogP contribution in [0.3, 0.4) is 0 Å². The lowest BCUT2D eigenvalue weighted by Gasteiger charge is -2.26. The minimum absolute atomic E-state index is 0.0513. The second kappa shape index (κ2) is 10.2. The van der Waals surface area contributed by atoms with Crippen molar-refractivity contribution in [3.05, 3.63) is 54.4 Å². The fourth-order valence-electron chi connectivity index (χ4n) is 3.80. The molecule has 35 heavy (non-hydrogen) atoms. The van der Waals surface area contributed by atoms with Gasteiger partial charge in [0.2, 0.25) is 10.0 Å². The summed E-state index contributed by atoms with van der Waals surface area (Å²) in [6, 6.07) is 11.6. The summed E-state index contributed by atoms with van der Waals surface area (Å²) in [6.07, 6.45) is -4.15. The van der Waals surface area contributed by atoms with E-state index in [1.807, 2.05) is 28.8 Å². The van der Waals surface area contributed by atoms with Crippen molar-refractivity contribution in [1.29, 1.82) is 0 Å². The van der Waals surface area contributed by atoms with Crippen molar-refractivity contribution < 1.29 is 36.3 Å². The van der Waals surface area contributed by atoms with E-state index in [-0.39, 0.29) is 31.2 Å². The number of oxime groups is 1. The van der Waals surface area contributed by atoms with Crippen molar-refractivity contribution in [2.75, 3.05) is 19.7 Å². The molecule has 4 rings (SSSR count). The molecule has 3 aromatic rings. The first-order valence-electron chi connectivity index (χ1n) is 10.8. The van der Waals surface area contributed by atoms with Gasteiger partial charge in [0.1, 0.15) is 5.75 Å². The van der Waals surface area contributed by atoms with Crippen molar-refractivity contribution in [3.63, 3.8) is 0 Å². The van der Waals surface area contributed by atoms with Crippen LogP contribution in [0.5, 0.6) is 5.75 Å². The standard InChI is InChI=1S/C22H23F3N4O5S/c23-22(24,25)34-17-5-7-18(8-6-17)35(31,32)28-11-9-16(10-12-28)27-33-15-21-26-19-3-1-2-4-20(19)29(21)13-14-30/h1-8,30H,9-15H2. The van der Waals surface area contributed by atoms with E-state index in [0.29, 0.717) is 30.9 Å². The van der Waals surface area contributed by atoms with Crippen LogP contribution in [0.25, 0.3) is 11.0 Å². The molecule has 1 aromatic heterocycles. The fourth-order valence-corrected chi connectivity index (χ4v) is 5.25. The summed E-state index contributed by atoms with van der Waals surface area (Å²) in [4.78, 5) is 9.88. The molecule has 188 valence electrons. The van der Waals surface area contributed by atoms with E-state index >= 15 is 0 Å². The Hall–Kier alpha value is -3.16. The van der Waals surface area contributed by atoms with Gasteiger partial charge in [-0.25, -0.2) is 13.4 Å². The lowest BCUT2D eigenvalue weighted by molar-refractivity contribution is -0.274. The summed E-state index contributed by atoms with van der Waals surface area (Å²) in [6.45, 7) is 0.728. The number of aromatic nitrogens is 2. The number of piperidine rings is 1. The molecule has 1 aliphatic rings. The van der Waals surface area contributed by atoms with Crippen molar-refractivity contribution >= 4 is 26.8 Å². The van der Waals surface area contributed by atoms with Crippen LogP contribution in [0.4, 0.5) is 13.2 Å². The van der Waals surface area contributed by atoms with Gasteiger partial charge in [-0.3, -0.25) is 0 Å². The molecule has 0 saturated carbocycles. The second-order valence-corrected chi connectivity index (χ2v) is 9.68. The van der Waals surface area contributed by atoms with Crippen LogP contribution in [-0.4, -0.2) is 59.2 Å². The van der Waals surface area contributed by atoms with E-state index in [0.717, 1.165) is 35.3 Å². The number of nitrogens with zero attached hydrogens (tertiary/aromatic N) is 4. The van der Waals surface area contributed by atoms with Crippen molar-refractivity contribution in [2.45, 2.75) is 37.3 Å². The zero-order valence-electron chi connectivity index (χ0n) is 18.5. The number of fused-ring (bicyclic) bond motifs is 1. The molecule has 0 bridgehead atoms. The van der Waals surface area contributed by atoms with Crippen molar-refractivity contribution in [2.24, 2.45) is 5.16 Å². The molecule has 2 aromatic carbocycles. The van der Waals surface area contributed by atoms with Gasteiger partial charge in [0.05, 0.1) is 28.2 Å². The zero-order chi connectivity index (χ0) is 25.1. The van der Waals surface area contributed by atoms with Crippen LogP contribution in [0.1, 0.15) is 18.7 Å². The molecule has 9 nitrogen and oxygen atoms in total. The van der Waals surface area contributed by atoms with E-state index < -0.39 is 22.1 Å². The van der Waals surface area contributed by atoms with Crippen LogP contribution in [-0.2, 0) is 28.0 Å². The molecule has 0 aliphatic carbocycles. The number of aliphatic hydroxyl groups excluding tert-OH is 1. The molecule has 1 saturated heterocycles. The number of para-hydroxylation sites is 2. The maximum atomic E-state index is 12.8. The highest BCUT2D eigenvalue weighted by molar-refractivity contribution is 7.89. The van der Waals surface area contributed by atoms with Gasteiger partial charge in [0.15, 0.2) is 12.4 Å². The zero-order valence-corrected chi connectivity index (χ0v) is 19.3. The van der Waals surface area contributed by atoms with E-state index in [4.69, 9.17) is 4.84 Å². The summed E-state index contributed by atoms with van der Waals surface area (Å²) in [5, 5.41) is 13.5. The monoisotopic (exact) mass is 512 g/mol.